The second-order valence-electron chi connectivity index (χ2n) is 18.6. The van der Waals surface area contributed by atoms with Crippen LogP contribution in [0.3, 0.4) is 0 Å². The van der Waals surface area contributed by atoms with Gasteiger partial charge in [-0.3, -0.25) is 4.79 Å². The van der Waals surface area contributed by atoms with E-state index in [4.69, 9.17) is 0 Å². The van der Waals surface area contributed by atoms with Crippen molar-refractivity contribution < 1.29 is 15.0 Å². The van der Waals surface area contributed by atoms with E-state index >= 15 is 0 Å². The number of amides is 1. The molecule has 0 rings (SSSR count). The summed E-state index contributed by atoms with van der Waals surface area (Å²) >= 11 is 0. The van der Waals surface area contributed by atoms with E-state index < -0.39 is 12.1 Å². The fourth-order valence-electron chi connectivity index (χ4n) is 8.45. The molecule has 0 saturated carbocycles. The van der Waals surface area contributed by atoms with Crippen LogP contribution in [0.4, 0.5) is 0 Å². The van der Waals surface area contributed by atoms with Gasteiger partial charge in [0.15, 0.2) is 0 Å². The number of nitrogens with one attached hydrogen (secondary N) is 1. The number of aliphatic hydroxyl groups excluding tert-OH is 2. The van der Waals surface area contributed by atoms with Crippen molar-refractivity contribution in [3.63, 3.8) is 0 Å². The summed E-state index contributed by atoms with van der Waals surface area (Å²) in [6.07, 6.45) is 70.2. The number of carbonyl (C=O) groups excluding carboxylic acids is 1. The molecule has 0 saturated heterocycles. The van der Waals surface area contributed by atoms with Gasteiger partial charge >= 0.3 is 0 Å². The van der Waals surface area contributed by atoms with Crippen LogP contribution >= 0.6 is 0 Å². The number of unbranched alkanes of at least 4 members (excludes halogenated alkanes) is 39. The minimum atomic E-state index is -0.868. The Labute approximate surface area is 376 Å². The number of hydrogen-bond acceptors (Lipinski definition) is 3. The Morgan fingerprint density at radius 2 is 0.650 bits per heavy atom. The van der Waals surface area contributed by atoms with Gasteiger partial charge in [-0.2, -0.15) is 0 Å². The van der Waals surface area contributed by atoms with Gasteiger partial charge in [-0.05, 0) is 44.9 Å². The third-order valence-corrected chi connectivity index (χ3v) is 12.6. The molecule has 0 heterocycles. The van der Waals surface area contributed by atoms with Gasteiger partial charge < -0.3 is 15.5 Å². The molecule has 0 aliphatic rings. The lowest BCUT2D eigenvalue weighted by Crippen LogP contribution is -2.45. The van der Waals surface area contributed by atoms with Gasteiger partial charge in [0.2, 0.25) is 5.91 Å². The molecule has 0 spiro atoms. The van der Waals surface area contributed by atoms with E-state index in [0.717, 1.165) is 38.5 Å². The van der Waals surface area contributed by atoms with E-state index in [2.05, 4.69) is 43.5 Å². The van der Waals surface area contributed by atoms with Crippen molar-refractivity contribution in [2.24, 2.45) is 0 Å². The summed E-state index contributed by atoms with van der Waals surface area (Å²) in [6, 6.07) is -0.643. The van der Waals surface area contributed by atoms with E-state index in [-0.39, 0.29) is 12.5 Å². The van der Waals surface area contributed by atoms with Crippen LogP contribution < -0.4 is 5.32 Å². The maximum absolute atomic E-state index is 12.4. The molecule has 0 aromatic heterocycles. The van der Waals surface area contributed by atoms with Gasteiger partial charge in [-0.15, -0.1) is 0 Å². The first-order chi connectivity index (χ1) is 29.7. The van der Waals surface area contributed by atoms with Crippen molar-refractivity contribution in [1.82, 2.24) is 5.32 Å². The minimum Gasteiger partial charge on any atom is -0.394 e. The molecule has 354 valence electrons. The third kappa shape index (κ3) is 47.7. The van der Waals surface area contributed by atoms with Crippen LogP contribution in [0.2, 0.25) is 0 Å². The monoisotopic (exact) mass is 842 g/mol. The zero-order valence-corrected chi connectivity index (χ0v) is 40.7. The van der Waals surface area contributed by atoms with Crippen LogP contribution in [0, 0.1) is 0 Å². The molecule has 1 amide bonds. The van der Waals surface area contributed by atoms with E-state index in [0.29, 0.717) is 6.42 Å². The summed E-state index contributed by atoms with van der Waals surface area (Å²) in [5.74, 6) is -0.0725. The topological polar surface area (TPSA) is 69.6 Å². The molecular formula is C56H107NO3. The van der Waals surface area contributed by atoms with Crippen LogP contribution in [0.15, 0.2) is 36.5 Å². The molecule has 0 aliphatic carbocycles. The van der Waals surface area contributed by atoms with Crippen LogP contribution in [-0.2, 0) is 4.79 Å². The summed E-state index contributed by atoms with van der Waals surface area (Å²) in [5.41, 5.74) is 0. The molecule has 0 aliphatic heterocycles. The zero-order valence-electron chi connectivity index (χ0n) is 40.7. The molecule has 60 heavy (non-hydrogen) atoms. The molecule has 0 bridgehead atoms. The van der Waals surface area contributed by atoms with Gasteiger partial charge in [0.1, 0.15) is 0 Å². The highest BCUT2D eigenvalue weighted by Gasteiger charge is 2.18. The highest BCUT2D eigenvalue weighted by atomic mass is 16.3. The second-order valence-corrected chi connectivity index (χ2v) is 18.6. The molecule has 2 atom stereocenters. The maximum atomic E-state index is 12.4. The molecular weight excluding hydrogens is 735 g/mol. The van der Waals surface area contributed by atoms with Crippen molar-refractivity contribution in [3.05, 3.63) is 36.5 Å². The summed E-state index contributed by atoms with van der Waals surface area (Å²) in [6.45, 7) is 4.32. The Kier molecular flexibility index (Phi) is 50.8. The molecule has 4 heteroatoms. The molecule has 4 nitrogen and oxygen atoms in total. The molecule has 2 unspecified atom stereocenters. The zero-order chi connectivity index (χ0) is 43.5. The molecule has 3 N–H and O–H groups in total. The summed E-state index contributed by atoms with van der Waals surface area (Å²) in [4.78, 5) is 12.4. The number of rotatable bonds is 50. The first kappa shape index (κ1) is 58.6. The first-order valence-corrected chi connectivity index (χ1v) is 27.2. The van der Waals surface area contributed by atoms with E-state index in [9.17, 15) is 15.0 Å². The standard InChI is InChI=1S/C56H107NO3/c1-3-5-7-9-11-13-15-17-19-21-23-24-25-26-27-28-29-30-31-32-34-36-38-40-42-44-46-48-50-52-56(60)57-54(53-58)55(59)51-49-47-45-43-41-39-37-35-33-22-20-18-16-14-12-10-8-6-4-2/h33,35,41,43,49,51,54-55,58-59H,3-32,34,36-40,42,44-48,50,52-53H2,1-2H3,(H,57,60)/b35-33+,43-41+,51-49+. The Hall–Kier alpha value is -1.39. The molecule has 0 aromatic rings. The Morgan fingerprint density at radius 1 is 0.383 bits per heavy atom. The minimum absolute atomic E-state index is 0.0725. The quantitative estimate of drug-likeness (QED) is 0.0422. The van der Waals surface area contributed by atoms with E-state index in [1.807, 2.05) is 6.08 Å². The molecule has 0 fully saturated rings. The van der Waals surface area contributed by atoms with Crippen LogP contribution in [0.5, 0.6) is 0 Å². The largest absolute Gasteiger partial charge is 0.394 e. The summed E-state index contributed by atoms with van der Waals surface area (Å²) in [7, 11) is 0. The van der Waals surface area contributed by atoms with Crippen molar-refractivity contribution >= 4 is 5.91 Å². The number of aliphatic hydroxyl groups is 2. The van der Waals surface area contributed by atoms with E-state index in [1.165, 1.54) is 238 Å². The average molecular weight is 842 g/mol. The lowest BCUT2D eigenvalue weighted by molar-refractivity contribution is -0.123. The summed E-state index contributed by atoms with van der Waals surface area (Å²) < 4.78 is 0. The molecule has 0 radical (unpaired) electrons. The second kappa shape index (κ2) is 52.0. The first-order valence-electron chi connectivity index (χ1n) is 27.2. The van der Waals surface area contributed by atoms with Crippen LogP contribution in [0.1, 0.15) is 296 Å². The predicted molar refractivity (Wildman–Crippen MR) is 267 cm³/mol. The lowest BCUT2D eigenvalue weighted by Gasteiger charge is -2.19. The van der Waals surface area contributed by atoms with Crippen molar-refractivity contribution in [2.75, 3.05) is 6.61 Å². The lowest BCUT2D eigenvalue weighted by atomic mass is 10.0. The van der Waals surface area contributed by atoms with Crippen molar-refractivity contribution in [3.8, 4) is 0 Å². The normalized spacial score (nSPS) is 13.1. The number of allylic oxidation sites excluding steroid dienone is 5. The highest BCUT2D eigenvalue weighted by molar-refractivity contribution is 5.76. The number of carbonyl (C=O) groups is 1. The van der Waals surface area contributed by atoms with Crippen LogP contribution in [0.25, 0.3) is 0 Å². The smallest absolute Gasteiger partial charge is 0.220 e. The predicted octanol–water partition coefficient (Wildman–Crippen LogP) is 17.7. The Morgan fingerprint density at radius 3 is 0.967 bits per heavy atom. The van der Waals surface area contributed by atoms with Crippen molar-refractivity contribution in [1.29, 1.82) is 0 Å². The van der Waals surface area contributed by atoms with Crippen LogP contribution in [-0.4, -0.2) is 34.9 Å². The maximum Gasteiger partial charge on any atom is 0.220 e. The van der Waals surface area contributed by atoms with Crippen molar-refractivity contribution in [2.45, 2.75) is 309 Å². The van der Waals surface area contributed by atoms with Gasteiger partial charge in [-0.1, -0.05) is 281 Å². The highest BCUT2D eigenvalue weighted by Crippen LogP contribution is 2.17. The fourth-order valence-corrected chi connectivity index (χ4v) is 8.45. The Balaban J connectivity index is 3.49. The van der Waals surface area contributed by atoms with E-state index in [1.54, 1.807) is 6.08 Å². The average Bonchev–Trinajstić information content (AvgIpc) is 3.25. The molecule has 0 aromatic carbocycles. The van der Waals surface area contributed by atoms with Gasteiger partial charge in [0.05, 0.1) is 18.8 Å². The van der Waals surface area contributed by atoms with Gasteiger partial charge in [0.25, 0.3) is 0 Å². The Bertz CT molecular complexity index is 912. The van der Waals surface area contributed by atoms with Gasteiger partial charge in [0, 0.05) is 6.42 Å². The SMILES string of the molecule is CCCCCCCCCCC/C=C/CC/C=C/CC/C=C/C(O)C(CO)NC(=O)CCCCCCCCCCCCCCCCCCCCCCCCCCCCCCC. The van der Waals surface area contributed by atoms with Gasteiger partial charge in [-0.25, -0.2) is 0 Å². The summed E-state index contributed by atoms with van der Waals surface area (Å²) in [5, 5.41) is 23.1. The third-order valence-electron chi connectivity index (χ3n) is 12.6. The fraction of sp³-hybridized carbons (Fsp3) is 0.875. The number of hydrogen-bond donors (Lipinski definition) is 3.